The summed E-state index contributed by atoms with van der Waals surface area (Å²) >= 11 is 1.71. The first-order valence-electron chi connectivity index (χ1n) is 4.26. The highest BCUT2D eigenvalue weighted by molar-refractivity contribution is 7.98. The van der Waals surface area contributed by atoms with Crippen molar-refractivity contribution in [2.75, 3.05) is 12.9 Å². The van der Waals surface area contributed by atoms with E-state index in [0.717, 1.165) is 6.42 Å². The molecule has 72 valence electrons. The van der Waals surface area contributed by atoms with E-state index in [-0.39, 0.29) is 12.6 Å². The molecule has 0 amide bonds. The van der Waals surface area contributed by atoms with E-state index in [9.17, 15) is 0 Å². The normalized spacial score (nSPS) is 12.8. The summed E-state index contributed by atoms with van der Waals surface area (Å²) in [5.41, 5.74) is 6.89. The lowest BCUT2D eigenvalue weighted by Gasteiger charge is -2.10. The van der Waals surface area contributed by atoms with Gasteiger partial charge in [-0.25, -0.2) is 0 Å². The first kappa shape index (κ1) is 10.6. The highest BCUT2D eigenvalue weighted by atomic mass is 32.2. The van der Waals surface area contributed by atoms with Crippen molar-refractivity contribution in [3.05, 3.63) is 29.8 Å². The summed E-state index contributed by atoms with van der Waals surface area (Å²) < 4.78 is 0. The van der Waals surface area contributed by atoms with Crippen molar-refractivity contribution in [2.24, 2.45) is 5.73 Å². The number of aliphatic hydroxyl groups excluding tert-OH is 1. The van der Waals surface area contributed by atoms with Gasteiger partial charge in [0, 0.05) is 10.9 Å². The van der Waals surface area contributed by atoms with E-state index in [1.165, 1.54) is 10.5 Å². The van der Waals surface area contributed by atoms with Crippen molar-refractivity contribution in [2.45, 2.75) is 17.4 Å². The maximum absolute atomic E-state index is 8.83. The molecule has 1 atom stereocenters. The van der Waals surface area contributed by atoms with Crippen molar-refractivity contribution in [3.8, 4) is 0 Å². The van der Waals surface area contributed by atoms with Gasteiger partial charge >= 0.3 is 0 Å². The van der Waals surface area contributed by atoms with Crippen LogP contribution in [0.25, 0.3) is 0 Å². The standard InChI is InChI=1S/C10H15NOS/c1-13-10-5-3-2-4-8(10)6-9(11)7-12/h2-5,9,12H,6-7,11H2,1H3. The summed E-state index contributed by atoms with van der Waals surface area (Å²) in [5.74, 6) is 0. The van der Waals surface area contributed by atoms with Crippen molar-refractivity contribution in [3.63, 3.8) is 0 Å². The number of aliphatic hydroxyl groups is 1. The van der Waals surface area contributed by atoms with Gasteiger partial charge in [-0.2, -0.15) is 0 Å². The molecule has 2 nitrogen and oxygen atoms in total. The molecule has 0 aliphatic rings. The topological polar surface area (TPSA) is 46.2 Å². The predicted octanol–water partition coefficient (Wildman–Crippen LogP) is 1.27. The molecule has 0 bridgehead atoms. The summed E-state index contributed by atoms with van der Waals surface area (Å²) in [4.78, 5) is 1.24. The van der Waals surface area contributed by atoms with Crippen molar-refractivity contribution >= 4 is 11.8 Å². The molecule has 0 radical (unpaired) electrons. The molecule has 0 heterocycles. The third-order valence-electron chi connectivity index (χ3n) is 1.91. The number of hydrogen-bond acceptors (Lipinski definition) is 3. The van der Waals surface area contributed by atoms with Crippen LogP contribution in [0, 0.1) is 0 Å². The zero-order chi connectivity index (χ0) is 9.68. The Morgan fingerprint density at radius 3 is 2.77 bits per heavy atom. The van der Waals surface area contributed by atoms with E-state index in [4.69, 9.17) is 10.8 Å². The van der Waals surface area contributed by atoms with Gasteiger partial charge in [0.25, 0.3) is 0 Å². The van der Waals surface area contributed by atoms with Gasteiger partial charge in [-0.3, -0.25) is 0 Å². The van der Waals surface area contributed by atoms with Gasteiger partial charge in [0.15, 0.2) is 0 Å². The molecule has 0 fully saturated rings. The van der Waals surface area contributed by atoms with Crippen molar-refractivity contribution in [1.82, 2.24) is 0 Å². The average Bonchev–Trinajstić information content (AvgIpc) is 2.18. The zero-order valence-corrected chi connectivity index (χ0v) is 8.55. The number of rotatable bonds is 4. The molecular weight excluding hydrogens is 182 g/mol. The van der Waals surface area contributed by atoms with Crippen molar-refractivity contribution in [1.29, 1.82) is 0 Å². The van der Waals surface area contributed by atoms with Crippen LogP contribution in [0.3, 0.4) is 0 Å². The second-order valence-corrected chi connectivity index (χ2v) is 3.81. The minimum Gasteiger partial charge on any atom is -0.395 e. The minimum atomic E-state index is -0.145. The molecule has 0 saturated heterocycles. The summed E-state index contributed by atoms with van der Waals surface area (Å²) in [5, 5.41) is 8.83. The first-order valence-corrected chi connectivity index (χ1v) is 5.48. The molecule has 1 unspecified atom stereocenters. The van der Waals surface area contributed by atoms with Gasteiger partial charge in [0.1, 0.15) is 0 Å². The van der Waals surface area contributed by atoms with Gasteiger partial charge in [-0.05, 0) is 24.3 Å². The molecule has 1 rings (SSSR count). The summed E-state index contributed by atoms with van der Waals surface area (Å²) in [6.45, 7) is 0.0444. The Hall–Kier alpha value is -0.510. The monoisotopic (exact) mass is 197 g/mol. The van der Waals surface area contributed by atoms with Crippen LogP contribution in [-0.4, -0.2) is 24.0 Å². The smallest absolute Gasteiger partial charge is 0.0585 e. The second-order valence-electron chi connectivity index (χ2n) is 2.96. The molecule has 3 heteroatoms. The highest BCUT2D eigenvalue weighted by Gasteiger charge is 2.05. The summed E-state index contributed by atoms with van der Waals surface area (Å²) in [7, 11) is 0. The molecule has 0 aromatic heterocycles. The molecule has 3 N–H and O–H groups in total. The molecule has 1 aromatic rings. The van der Waals surface area contributed by atoms with Crippen molar-refractivity contribution < 1.29 is 5.11 Å². The Balaban J connectivity index is 2.74. The van der Waals surface area contributed by atoms with Crippen LogP contribution in [0.5, 0.6) is 0 Å². The Kier molecular flexibility index (Phi) is 4.28. The van der Waals surface area contributed by atoms with Gasteiger partial charge in [0.05, 0.1) is 6.61 Å². The van der Waals surface area contributed by atoms with Crippen LogP contribution in [0.15, 0.2) is 29.2 Å². The van der Waals surface area contributed by atoms with Crippen LogP contribution in [0.4, 0.5) is 0 Å². The van der Waals surface area contributed by atoms with E-state index >= 15 is 0 Å². The van der Waals surface area contributed by atoms with Crippen LogP contribution < -0.4 is 5.73 Å². The predicted molar refractivity (Wildman–Crippen MR) is 57.0 cm³/mol. The zero-order valence-electron chi connectivity index (χ0n) is 7.73. The molecule has 0 aliphatic heterocycles. The molecule has 0 saturated carbocycles. The van der Waals surface area contributed by atoms with Gasteiger partial charge in [0.2, 0.25) is 0 Å². The van der Waals surface area contributed by atoms with Gasteiger partial charge < -0.3 is 10.8 Å². The van der Waals surface area contributed by atoms with E-state index in [2.05, 4.69) is 12.1 Å². The molecular formula is C10H15NOS. The van der Waals surface area contributed by atoms with Crippen LogP contribution in [0.1, 0.15) is 5.56 Å². The lowest BCUT2D eigenvalue weighted by molar-refractivity contribution is 0.265. The number of hydrogen-bond donors (Lipinski definition) is 2. The van der Waals surface area contributed by atoms with Crippen LogP contribution in [0.2, 0.25) is 0 Å². The summed E-state index contributed by atoms with van der Waals surface area (Å²) in [6.07, 6.45) is 2.79. The van der Waals surface area contributed by atoms with E-state index in [0.29, 0.717) is 0 Å². The Bertz CT molecular complexity index is 265. The van der Waals surface area contributed by atoms with E-state index in [1.54, 1.807) is 11.8 Å². The number of nitrogens with two attached hydrogens (primary N) is 1. The van der Waals surface area contributed by atoms with E-state index in [1.807, 2.05) is 18.4 Å². The molecule has 13 heavy (non-hydrogen) atoms. The second kappa shape index (κ2) is 5.27. The van der Waals surface area contributed by atoms with E-state index < -0.39 is 0 Å². The third kappa shape index (κ3) is 3.03. The van der Waals surface area contributed by atoms with Gasteiger partial charge in [-0.1, -0.05) is 18.2 Å². The van der Waals surface area contributed by atoms with Gasteiger partial charge in [-0.15, -0.1) is 11.8 Å². The summed E-state index contributed by atoms with van der Waals surface area (Å²) in [6, 6.07) is 8.00. The lowest BCUT2D eigenvalue weighted by atomic mass is 10.1. The Morgan fingerprint density at radius 1 is 1.46 bits per heavy atom. The number of thioether (sulfide) groups is 1. The first-order chi connectivity index (χ1) is 6.27. The van der Waals surface area contributed by atoms with Crippen LogP contribution >= 0.6 is 11.8 Å². The van der Waals surface area contributed by atoms with Crippen LogP contribution in [-0.2, 0) is 6.42 Å². The maximum atomic E-state index is 8.83. The fraction of sp³-hybridized carbons (Fsp3) is 0.400. The lowest BCUT2D eigenvalue weighted by Crippen LogP contribution is -2.27. The largest absolute Gasteiger partial charge is 0.395 e. The third-order valence-corrected chi connectivity index (χ3v) is 2.75. The Morgan fingerprint density at radius 2 is 2.15 bits per heavy atom. The fourth-order valence-electron chi connectivity index (χ4n) is 1.22. The fourth-order valence-corrected chi connectivity index (χ4v) is 1.85. The molecule has 0 spiro atoms. The SMILES string of the molecule is CSc1ccccc1CC(N)CO. The maximum Gasteiger partial charge on any atom is 0.0585 e. The minimum absolute atomic E-state index is 0.0444. The Labute approximate surface area is 83.1 Å². The molecule has 0 aliphatic carbocycles. The quantitative estimate of drug-likeness (QED) is 0.715. The molecule has 1 aromatic carbocycles. The number of benzene rings is 1. The highest BCUT2D eigenvalue weighted by Crippen LogP contribution is 2.20. The average molecular weight is 197 g/mol.